The van der Waals surface area contributed by atoms with Crippen LogP contribution in [-0.4, -0.2) is 39.0 Å². The minimum atomic E-state index is -3.28. The first-order chi connectivity index (χ1) is 12.2. The number of nitrogens with one attached hydrogen (secondary N) is 1. The highest BCUT2D eigenvalue weighted by atomic mass is 32.2. The number of hydrogen-bond donors (Lipinski definition) is 1. The van der Waals surface area contributed by atoms with Crippen LogP contribution in [0.1, 0.15) is 17.1 Å². The highest BCUT2D eigenvalue weighted by molar-refractivity contribution is 7.88. The quantitative estimate of drug-likeness (QED) is 0.748. The summed E-state index contributed by atoms with van der Waals surface area (Å²) in [5.41, 5.74) is 1.58. The molecule has 0 aliphatic carbocycles. The molecule has 0 spiro atoms. The van der Waals surface area contributed by atoms with Gasteiger partial charge in [-0.15, -0.1) is 0 Å². The van der Waals surface area contributed by atoms with Gasteiger partial charge in [-0.1, -0.05) is 6.07 Å². The molecule has 2 aromatic rings. The van der Waals surface area contributed by atoms with Gasteiger partial charge < -0.3 is 14.5 Å². The Kier molecular flexibility index (Phi) is 6.23. The molecule has 0 atom stereocenters. The first kappa shape index (κ1) is 19.7. The van der Waals surface area contributed by atoms with Crippen LogP contribution in [0.4, 0.5) is 5.69 Å². The van der Waals surface area contributed by atoms with E-state index in [9.17, 15) is 13.2 Å². The van der Waals surface area contributed by atoms with Crippen molar-refractivity contribution in [2.75, 3.05) is 25.7 Å². The highest BCUT2D eigenvalue weighted by Crippen LogP contribution is 2.25. The van der Waals surface area contributed by atoms with Crippen LogP contribution in [0.5, 0.6) is 5.75 Å². The van der Waals surface area contributed by atoms with Gasteiger partial charge in [-0.25, -0.2) is 8.42 Å². The minimum Gasteiger partial charge on any atom is -0.495 e. The molecule has 0 aliphatic rings. The summed E-state index contributed by atoms with van der Waals surface area (Å²) in [7, 11) is -0.279. The van der Waals surface area contributed by atoms with Crippen LogP contribution in [0.3, 0.4) is 0 Å². The van der Waals surface area contributed by atoms with Crippen LogP contribution in [0, 0.1) is 6.92 Å². The van der Waals surface area contributed by atoms with E-state index in [1.165, 1.54) is 30.6 Å². The van der Waals surface area contributed by atoms with Crippen LogP contribution >= 0.6 is 0 Å². The molecule has 7 nitrogen and oxygen atoms in total. The van der Waals surface area contributed by atoms with Crippen LogP contribution < -0.4 is 10.1 Å². The summed E-state index contributed by atoms with van der Waals surface area (Å²) in [5.74, 6) is 1.17. The van der Waals surface area contributed by atoms with Gasteiger partial charge in [0.15, 0.2) is 0 Å². The van der Waals surface area contributed by atoms with Gasteiger partial charge in [0, 0.05) is 13.1 Å². The van der Waals surface area contributed by atoms with E-state index in [2.05, 4.69) is 5.32 Å². The Balaban J connectivity index is 2.02. The Hall–Kier alpha value is -2.58. The topological polar surface area (TPSA) is 88.9 Å². The molecule has 0 bridgehead atoms. The lowest BCUT2D eigenvalue weighted by atomic mass is 10.2. The zero-order chi connectivity index (χ0) is 19.3. The fraction of sp³-hybridized carbons (Fsp3) is 0.278. The number of benzene rings is 1. The van der Waals surface area contributed by atoms with Gasteiger partial charge in [0.1, 0.15) is 17.3 Å². The summed E-state index contributed by atoms with van der Waals surface area (Å²) < 4.78 is 34.7. The zero-order valence-corrected chi connectivity index (χ0v) is 16.0. The lowest BCUT2D eigenvalue weighted by Crippen LogP contribution is -2.24. The summed E-state index contributed by atoms with van der Waals surface area (Å²) >= 11 is 0. The van der Waals surface area contributed by atoms with E-state index in [-0.39, 0.29) is 12.5 Å². The molecule has 1 N–H and O–H groups in total. The maximum absolute atomic E-state index is 12.1. The SMILES string of the molecule is COc1ccc(C)cc1NC(=O)/C=C/c1ccc(CN(C)S(C)(=O)=O)o1. The van der Waals surface area contributed by atoms with Crippen molar-refractivity contribution < 1.29 is 22.4 Å². The molecule has 0 unspecified atom stereocenters. The molecule has 1 amide bonds. The molecule has 0 radical (unpaired) electrons. The Morgan fingerprint density at radius 2 is 2.04 bits per heavy atom. The number of hydrogen-bond acceptors (Lipinski definition) is 5. The van der Waals surface area contributed by atoms with Gasteiger partial charge in [-0.3, -0.25) is 4.79 Å². The Bertz CT molecular complexity index is 915. The number of carbonyl (C=O) groups excluding carboxylic acids is 1. The molecule has 0 saturated carbocycles. The van der Waals surface area contributed by atoms with Crippen molar-refractivity contribution in [3.05, 3.63) is 53.5 Å². The van der Waals surface area contributed by atoms with Gasteiger partial charge >= 0.3 is 0 Å². The van der Waals surface area contributed by atoms with Crippen LogP contribution in [0.25, 0.3) is 6.08 Å². The summed E-state index contributed by atoms with van der Waals surface area (Å²) in [6.07, 6.45) is 3.98. The van der Waals surface area contributed by atoms with Crippen LogP contribution in [-0.2, 0) is 21.4 Å². The number of sulfonamides is 1. The normalized spacial score (nSPS) is 11.9. The maximum Gasteiger partial charge on any atom is 0.248 e. The van der Waals surface area contributed by atoms with Crippen molar-refractivity contribution in [3.8, 4) is 5.75 Å². The van der Waals surface area contributed by atoms with Crippen molar-refractivity contribution >= 4 is 27.7 Å². The Labute approximate surface area is 153 Å². The number of aryl methyl sites for hydroxylation is 1. The second-order valence-electron chi connectivity index (χ2n) is 5.85. The van der Waals surface area contributed by atoms with E-state index in [0.29, 0.717) is 23.0 Å². The molecule has 1 aromatic heterocycles. The third-order valence-corrected chi connectivity index (χ3v) is 4.90. The zero-order valence-electron chi connectivity index (χ0n) is 15.1. The van der Waals surface area contributed by atoms with E-state index >= 15 is 0 Å². The molecule has 0 saturated heterocycles. The molecule has 2 rings (SSSR count). The number of methoxy groups -OCH3 is 1. The number of nitrogens with zero attached hydrogens (tertiary/aromatic N) is 1. The van der Waals surface area contributed by atoms with Crippen molar-refractivity contribution in [1.82, 2.24) is 4.31 Å². The van der Waals surface area contributed by atoms with E-state index < -0.39 is 10.0 Å². The van der Waals surface area contributed by atoms with Crippen molar-refractivity contribution in [3.63, 3.8) is 0 Å². The number of carbonyl (C=O) groups is 1. The Morgan fingerprint density at radius 3 is 2.69 bits per heavy atom. The lowest BCUT2D eigenvalue weighted by molar-refractivity contribution is -0.111. The maximum atomic E-state index is 12.1. The van der Waals surface area contributed by atoms with E-state index in [1.54, 1.807) is 18.2 Å². The first-order valence-electron chi connectivity index (χ1n) is 7.83. The number of amides is 1. The Morgan fingerprint density at radius 1 is 1.31 bits per heavy atom. The summed E-state index contributed by atoms with van der Waals surface area (Å²) in [6.45, 7) is 2.04. The summed E-state index contributed by atoms with van der Waals surface area (Å²) in [4.78, 5) is 12.1. The van der Waals surface area contributed by atoms with Crippen molar-refractivity contribution in [1.29, 1.82) is 0 Å². The number of rotatable bonds is 7. The molecule has 140 valence electrons. The lowest BCUT2D eigenvalue weighted by Gasteiger charge is -2.11. The second-order valence-corrected chi connectivity index (χ2v) is 7.94. The van der Waals surface area contributed by atoms with E-state index in [0.717, 1.165) is 11.8 Å². The largest absolute Gasteiger partial charge is 0.495 e. The standard InChI is InChI=1S/C18H22N2O5S/c1-13-5-9-17(24-3)16(11-13)19-18(21)10-8-14-6-7-15(25-14)12-20(2)26(4,22)23/h5-11H,12H2,1-4H3,(H,19,21)/b10-8+. The monoisotopic (exact) mass is 378 g/mol. The molecule has 1 heterocycles. The van der Waals surface area contributed by atoms with Crippen LogP contribution in [0.15, 0.2) is 40.8 Å². The van der Waals surface area contributed by atoms with Gasteiger partial charge in [0.2, 0.25) is 15.9 Å². The summed E-state index contributed by atoms with van der Waals surface area (Å²) in [6, 6.07) is 8.83. The molecule has 8 heteroatoms. The van der Waals surface area contributed by atoms with E-state index in [1.807, 2.05) is 19.1 Å². The number of ether oxygens (including phenoxy) is 1. The van der Waals surface area contributed by atoms with Gasteiger partial charge in [-0.05, 0) is 42.8 Å². The number of anilines is 1. The van der Waals surface area contributed by atoms with E-state index in [4.69, 9.17) is 9.15 Å². The minimum absolute atomic E-state index is 0.124. The van der Waals surface area contributed by atoms with Gasteiger partial charge in [0.25, 0.3) is 0 Å². The third kappa shape index (κ3) is 5.47. The van der Waals surface area contributed by atoms with Crippen molar-refractivity contribution in [2.45, 2.75) is 13.5 Å². The predicted molar refractivity (Wildman–Crippen MR) is 100 cm³/mol. The smallest absolute Gasteiger partial charge is 0.248 e. The molecular weight excluding hydrogens is 356 g/mol. The fourth-order valence-electron chi connectivity index (χ4n) is 2.16. The average Bonchev–Trinajstić information content (AvgIpc) is 3.00. The predicted octanol–water partition coefficient (Wildman–Crippen LogP) is 2.64. The third-order valence-electron chi connectivity index (χ3n) is 3.64. The van der Waals surface area contributed by atoms with Gasteiger partial charge in [0.05, 0.1) is 25.6 Å². The highest BCUT2D eigenvalue weighted by Gasteiger charge is 2.13. The van der Waals surface area contributed by atoms with Crippen LogP contribution in [0.2, 0.25) is 0 Å². The molecule has 0 aliphatic heterocycles. The fourth-order valence-corrected chi connectivity index (χ4v) is 2.52. The molecular formula is C18H22N2O5S. The van der Waals surface area contributed by atoms with Gasteiger partial charge in [-0.2, -0.15) is 4.31 Å². The molecule has 0 fully saturated rings. The molecule has 1 aromatic carbocycles. The number of furan rings is 1. The first-order valence-corrected chi connectivity index (χ1v) is 9.67. The molecule has 26 heavy (non-hydrogen) atoms. The summed E-state index contributed by atoms with van der Waals surface area (Å²) in [5, 5.41) is 2.75. The average molecular weight is 378 g/mol. The van der Waals surface area contributed by atoms with Crippen molar-refractivity contribution in [2.24, 2.45) is 0 Å². The second kappa shape index (κ2) is 8.20.